The van der Waals surface area contributed by atoms with Gasteiger partial charge in [-0.1, -0.05) is 23.3 Å². The Bertz CT molecular complexity index is 1180. The number of ether oxygens (including phenoxy) is 1. The lowest BCUT2D eigenvalue weighted by molar-refractivity contribution is -0.113. The first-order valence-electron chi connectivity index (χ1n) is 9.99. The van der Waals surface area contributed by atoms with E-state index in [0.29, 0.717) is 35.1 Å². The predicted molar refractivity (Wildman–Crippen MR) is 116 cm³/mol. The minimum absolute atomic E-state index is 0.0264. The smallest absolute Gasteiger partial charge is 0.255 e. The number of aromatic nitrogens is 4. The molecule has 160 valence electrons. The summed E-state index contributed by atoms with van der Waals surface area (Å²) >= 11 is 0. The van der Waals surface area contributed by atoms with E-state index in [1.54, 1.807) is 22.9 Å². The Balaban J connectivity index is 1.79. The lowest BCUT2D eigenvalue weighted by Gasteiger charge is -2.28. The normalized spacial score (nSPS) is 15.3. The van der Waals surface area contributed by atoms with Gasteiger partial charge in [0.1, 0.15) is 6.04 Å². The molecular formula is C22H24N6O3. The fourth-order valence-electron chi connectivity index (χ4n) is 3.66. The minimum atomic E-state index is -0.601. The maximum absolute atomic E-state index is 13.5. The number of phenols is 1. The Labute approximate surface area is 179 Å². The number of amides is 1. The second-order valence-electron chi connectivity index (χ2n) is 7.38. The Kier molecular flexibility index (Phi) is 5.33. The fourth-order valence-corrected chi connectivity index (χ4v) is 3.66. The van der Waals surface area contributed by atoms with E-state index in [0.717, 1.165) is 16.8 Å². The summed E-state index contributed by atoms with van der Waals surface area (Å²) in [7, 11) is 0. The summed E-state index contributed by atoms with van der Waals surface area (Å²) in [6.45, 7) is 8.01. The van der Waals surface area contributed by atoms with Gasteiger partial charge in [0, 0.05) is 11.4 Å². The van der Waals surface area contributed by atoms with E-state index in [9.17, 15) is 9.90 Å². The summed E-state index contributed by atoms with van der Waals surface area (Å²) in [6.07, 6.45) is 0. The van der Waals surface area contributed by atoms with Crippen LogP contribution in [0.4, 0.5) is 11.6 Å². The first-order valence-corrected chi connectivity index (χ1v) is 9.99. The summed E-state index contributed by atoms with van der Waals surface area (Å²) in [5.41, 5.74) is 4.65. The highest BCUT2D eigenvalue weighted by atomic mass is 16.5. The van der Waals surface area contributed by atoms with Gasteiger partial charge in [0.05, 0.1) is 12.2 Å². The number of aryl methyl sites for hydroxylation is 1. The molecule has 0 saturated carbocycles. The number of rotatable bonds is 5. The first kappa shape index (κ1) is 20.4. The second kappa shape index (κ2) is 8.10. The zero-order chi connectivity index (χ0) is 22.1. The van der Waals surface area contributed by atoms with Gasteiger partial charge in [-0.15, -0.1) is 0 Å². The van der Waals surface area contributed by atoms with Crippen molar-refractivity contribution < 1.29 is 14.6 Å². The van der Waals surface area contributed by atoms with Crippen molar-refractivity contribution in [1.29, 1.82) is 0 Å². The number of anilines is 2. The number of aromatic hydroxyl groups is 1. The molecule has 0 aliphatic carbocycles. The highest BCUT2D eigenvalue weighted by Crippen LogP contribution is 2.38. The third-order valence-corrected chi connectivity index (χ3v) is 5.41. The second-order valence-corrected chi connectivity index (χ2v) is 7.38. The Morgan fingerprint density at radius 3 is 2.84 bits per heavy atom. The average molecular weight is 420 g/mol. The average Bonchev–Trinajstić information content (AvgIpc) is 3.20. The molecule has 1 aliphatic heterocycles. The van der Waals surface area contributed by atoms with Crippen molar-refractivity contribution >= 4 is 17.5 Å². The summed E-state index contributed by atoms with van der Waals surface area (Å²) < 4.78 is 7.09. The molecule has 9 heteroatoms. The topological polar surface area (TPSA) is 114 Å². The number of nitrogens with zero attached hydrogens (tertiary/aromatic N) is 4. The molecule has 3 N–H and O–H groups in total. The van der Waals surface area contributed by atoms with Crippen LogP contribution in [0, 0.1) is 13.8 Å². The molecule has 0 saturated heterocycles. The molecule has 1 amide bonds. The van der Waals surface area contributed by atoms with Crippen LogP contribution >= 0.6 is 0 Å². The maximum atomic E-state index is 13.5. The van der Waals surface area contributed by atoms with E-state index < -0.39 is 6.04 Å². The van der Waals surface area contributed by atoms with E-state index in [1.807, 2.05) is 45.9 Å². The molecule has 0 spiro atoms. The van der Waals surface area contributed by atoms with E-state index >= 15 is 0 Å². The Morgan fingerprint density at radius 1 is 1.26 bits per heavy atom. The van der Waals surface area contributed by atoms with Gasteiger partial charge in [-0.25, -0.2) is 0 Å². The molecule has 1 aromatic heterocycles. The van der Waals surface area contributed by atoms with Crippen LogP contribution in [0.2, 0.25) is 0 Å². The van der Waals surface area contributed by atoms with Gasteiger partial charge in [0.2, 0.25) is 5.95 Å². The summed E-state index contributed by atoms with van der Waals surface area (Å²) in [5, 5.41) is 28.1. The number of allylic oxidation sites excluding steroid dienone is 1. The number of benzene rings is 2. The highest BCUT2D eigenvalue weighted by molar-refractivity contribution is 6.06. The van der Waals surface area contributed by atoms with Crippen molar-refractivity contribution in [3.05, 3.63) is 64.4 Å². The third kappa shape index (κ3) is 3.70. The lowest BCUT2D eigenvalue weighted by atomic mass is 9.94. The zero-order valence-corrected chi connectivity index (χ0v) is 17.8. The summed E-state index contributed by atoms with van der Waals surface area (Å²) in [4.78, 5) is 13.5. The van der Waals surface area contributed by atoms with Crippen LogP contribution in [0.1, 0.15) is 36.6 Å². The van der Waals surface area contributed by atoms with E-state index in [1.165, 1.54) is 0 Å². The fraction of sp³-hybridized carbons (Fsp3) is 0.273. The monoisotopic (exact) mass is 420 g/mol. The largest absolute Gasteiger partial charge is 0.504 e. The molecule has 0 bridgehead atoms. The van der Waals surface area contributed by atoms with Crippen LogP contribution < -0.4 is 15.4 Å². The van der Waals surface area contributed by atoms with E-state index in [2.05, 4.69) is 26.2 Å². The van der Waals surface area contributed by atoms with Gasteiger partial charge in [0.25, 0.3) is 5.91 Å². The zero-order valence-electron chi connectivity index (χ0n) is 17.8. The van der Waals surface area contributed by atoms with Gasteiger partial charge in [0.15, 0.2) is 11.5 Å². The number of carbonyl (C=O) groups excluding carboxylic acids is 1. The van der Waals surface area contributed by atoms with E-state index in [4.69, 9.17) is 4.74 Å². The van der Waals surface area contributed by atoms with Crippen molar-refractivity contribution in [3.8, 4) is 11.5 Å². The number of hydrogen-bond donors (Lipinski definition) is 3. The van der Waals surface area contributed by atoms with Crippen LogP contribution in [0.25, 0.3) is 0 Å². The van der Waals surface area contributed by atoms with Crippen LogP contribution in [0.5, 0.6) is 11.5 Å². The SMILES string of the molecule is CCOc1cc(C2C(C(=O)Nc3cccc(C)c3C)=C(C)Nc3nnnn32)ccc1O. The van der Waals surface area contributed by atoms with Crippen molar-refractivity contribution in [2.45, 2.75) is 33.7 Å². The first-order chi connectivity index (χ1) is 14.9. The van der Waals surface area contributed by atoms with Crippen molar-refractivity contribution in [2.75, 3.05) is 17.2 Å². The minimum Gasteiger partial charge on any atom is -0.504 e. The van der Waals surface area contributed by atoms with Crippen LogP contribution in [-0.2, 0) is 4.79 Å². The Hall–Kier alpha value is -3.88. The van der Waals surface area contributed by atoms with Crippen molar-refractivity contribution in [1.82, 2.24) is 20.2 Å². The molecule has 3 aromatic rings. The molecule has 1 aliphatic rings. The lowest BCUT2D eigenvalue weighted by Crippen LogP contribution is -2.31. The molecule has 1 atom stereocenters. The van der Waals surface area contributed by atoms with Gasteiger partial charge >= 0.3 is 0 Å². The number of nitrogens with one attached hydrogen (secondary N) is 2. The molecule has 0 radical (unpaired) electrons. The Morgan fingerprint density at radius 2 is 2.06 bits per heavy atom. The van der Waals surface area contributed by atoms with Crippen LogP contribution in [0.15, 0.2) is 47.7 Å². The molecule has 2 aromatic carbocycles. The number of carbonyl (C=O) groups is 1. The quantitative estimate of drug-likeness (QED) is 0.580. The van der Waals surface area contributed by atoms with Gasteiger partial charge in [-0.3, -0.25) is 4.79 Å². The standard InChI is InChI=1S/C22H24N6O3/c1-5-31-18-11-15(9-10-17(18)29)20-19(14(4)23-22-25-26-27-28(20)22)21(30)24-16-8-6-7-12(2)13(16)3/h6-11,20,29H,5H2,1-4H3,(H,24,30)(H,23,25,27). The number of hydrogen-bond acceptors (Lipinski definition) is 7. The number of fused-ring (bicyclic) bond motifs is 1. The molecule has 9 nitrogen and oxygen atoms in total. The molecule has 0 fully saturated rings. The number of phenolic OH excluding ortho intramolecular Hbond substituents is 1. The van der Waals surface area contributed by atoms with Gasteiger partial charge in [-0.05, 0) is 73.0 Å². The molecule has 1 unspecified atom stereocenters. The van der Waals surface area contributed by atoms with Crippen molar-refractivity contribution in [3.63, 3.8) is 0 Å². The van der Waals surface area contributed by atoms with Gasteiger partial charge in [-0.2, -0.15) is 4.68 Å². The highest BCUT2D eigenvalue weighted by Gasteiger charge is 2.34. The predicted octanol–water partition coefficient (Wildman–Crippen LogP) is 3.32. The third-order valence-electron chi connectivity index (χ3n) is 5.41. The van der Waals surface area contributed by atoms with Crippen LogP contribution in [-0.4, -0.2) is 37.8 Å². The molecule has 2 heterocycles. The van der Waals surface area contributed by atoms with Crippen molar-refractivity contribution in [2.24, 2.45) is 0 Å². The summed E-state index contributed by atoms with van der Waals surface area (Å²) in [5.74, 6) is 0.520. The van der Waals surface area contributed by atoms with E-state index in [-0.39, 0.29) is 11.7 Å². The van der Waals surface area contributed by atoms with Crippen LogP contribution in [0.3, 0.4) is 0 Å². The molecule has 4 rings (SSSR count). The summed E-state index contributed by atoms with van der Waals surface area (Å²) in [6, 6.07) is 10.2. The van der Waals surface area contributed by atoms with Gasteiger partial charge < -0.3 is 20.5 Å². The molecule has 31 heavy (non-hydrogen) atoms. The maximum Gasteiger partial charge on any atom is 0.255 e. The number of tetrazole rings is 1. The molecular weight excluding hydrogens is 396 g/mol.